The van der Waals surface area contributed by atoms with Crippen molar-refractivity contribution in [2.75, 3.05) is 12.3 Å². The number of aliphatic hydroxyl groups excluding tert-OH is 2. The number of halogens is 2. The zero-order valence-corrected chi connectivity index (χ0v) is 38.4. The second kappa shape index (κ2) is 21.9. The van der Waals surface area contributed by atoms with Crippen LogP contribution in [0.15, 0.2) is 83.5 Å². The van der Waals surface area contributed by atoms with Crippen molar-refractivity contribution in [3.8, 4) is 0 Å². The molecule has 4 rings (SSSR count). The van der Waals surface area contributed by atoms with Gasteiger partial charge in [-0.25, -0.2) is 8.78 Å². The van der Waals surface area contributed by atoms with Crippen molar-refractivity contribution in [3.05, 3.63) is 106 Å². The Hall–Kier alpha value is -2.31. The number of carbonyl (C=O) groups is 2. The van der Waals surface area contributed by atoms with Crippen LogP contribution in [0, 0.1) is 33.3 Å². The van der Waals surface area contributed by atoms with Crippen molar-refractivity contribution in [1.82, 2.24) is 0 Å². The molecule has 4 N–H and O–H groups in total. The van der Waals surface area contributed by atoms with Crippen LogP contribution in [-0.2, 0) is 18.7 Å². The average molecular weight is 861 g/mol. The molecule has 0 amide bonds. The first-order chi connectivity index (χ1) is 26.4. The van der Waals surface area contributed by atoms with E-state index in [0.717, 1.165) is 59.1 Å². The molecule has 0 saturated heterocycles. The van der Waals surface area contributed by atoms with Crippen LogP contribution in [0.3, 0.4) is 0 Å². The Bertz CT molecular complexity index is 1890. The van der Waals surface area contributed by atoms with E-state index < -0.39 is 64.0 Å². The number of benzene rings is 2. The van der Waals surface area contributed by atoms with E-state index in [-0.39, 0.29) is 71.0 Å². The monoisotopic (exact) mass is 860 g/mol. The van der Waals surface area contributed by atoms with Crippen molar-refractivity contribution in [3.63, 3.8) is 0 Å². The van der Waals surface area contributed by atoms with E-state index in [1.165, 1.54) is 35.9 Å². The molecule has 2 aliphatic carbocycles. The fourth-order valence-corrected chi connectivity index (χ4v) is 11.2. The molecule has 0 heterocycles. The standard InChI is InChI=1S/2C22H30FO5P.2Li/c2*1-21(2)12-18(15-5-7-16(23)8-6-15)19(22(3,4)14-21)9-10-29(27,28)13-17(24)11-20(25)26;;/h2*5-10,17,24H,11-14H2,1-4H3,(H,25,26)(H,27,28);;/q;;2*+1/p-2/b2*10-9+;;/t2*17-;;/m00../s1. The zero-order chi connectivity index (χ0) is 44.1. The summed E-state index contributed by atoms with van der Waals surface area (Å²) < 4.78 is 51.8. The van der Waals surface area contributed by atoms with Gasteiger partial charge >= 0.3 is 37.7 Å². The van der Waals surface area contributed by atoms with Crippen LogP contribution in [0.1, 0.15) is 105 Å². The molecule has 16 heteroatoms. The maximum atomic E-state index is 13.4. The number of carboxylic acids is 2. The smallest absolute Gasteiger partial charge is 0.550 e. The number of hydrogen-bond donors (Lipinski definition) is 4. The first-order valence-electron chi connectivity index (χ1n) is 19.2. The molecule has 0 spiro atoms. The van der Waals surface area contributed by atoms with E-state index in [4.69, 9.17) is 0 Å². The molecule has 320 valence electrons. The number of aliphatic carboxylic acids is 2. The molecule has 2 unspecified atom stereocenters. The fourth-order valence-electron chi connectivity index (χ4n) is 8.76. The molecule has 60 heavy (non-hydrogen) atoms. The van der Waals surface area contributed by atoms with Crippen LogP contribution in [0.25, 0.3) is 11.1 Å². The maximum absolute atomic E-state index is 13.4. The van der Waals surface area contributed by atoms with Gasteiger partial charge < -0.3 is 39.8 Å². The van der Waals surface area contributed by atoms with Gasteiger partial charge in [0, 0.05) is 36.4 Å². The van der Waals surface area contributed by atoms with Gasteiger partial charge in [-0.3, -0.25) is 9.13 Å². The number of hydrogen-bond acceptors (Lipinski definition) is 8. The Morgan fingerprint density at radius 1 is 0.633 bits per heavy atom. The van der Waals surface area contributed by atoms with E-state index in [2.05, 4.69) is 55.4 Å². The summed E-state index contributed by atoms with van der Waals surface area (Å²) in [6.07, 6.45) is 0.986. The third-order valence-corrected chi connectivity index (χ3v) is 13.5. The summed E-state index contributed by atoms with van der Waals surface area (Å²) >= 11 is 0. The van der Waals surface area contributed by atoms with E-state index in [1.807, 2.05) is 0 Å². The van der Waals surface area contributed by atoms with Crippen molar-refractivity contribution in [1.29, 1.82) is 0 Å². The predicted octanol–water partition coefficient (Wildman–Crippen LogP) is 1.43. The molecule has 0 aromatic heterocycles. The van der Waals surface area contributed by atoms with Crippen LogP contribution in [0.2, 0.25) is 0 Å². The van der Waals surface area contributed by atoms with E-state index >= 15 is 0 Å². The average Bonchev–Trinajstić information content (AvgIpc) is 3.01. The van der Waals surface area contributed by atoms with E-state index in [9.17, 15) is 57.7 Å². The Morgan fingerprint density at radius 2 is 0.917 bits per heavy atom. The van der Waals surface area contributed by atoms with Gasteiger partial charge in [0.15, 0.2) is 0 Å². The Morgan fingerprint density at radius 3 is 1.18 bits per heavy atom. The third kappa shape index (κ3) is 17.5. The summed E-state index contributed by atoms with van der Waals surface area (Å²) in [6.45, 7) is 16.9. The van der Waals surface area contributed by atoms with Crippen molar-refractivity contribution >= 4 is 37.8 Å². The van der Waals surface area contributed by atoms with Gasteiger partial charge in [-0.05, 0) is 105 Å². The van der Waals surface area contributed by atoms with Gasteiger partial charge in [0.2, 0.25) is 14.7 Å². The molecular weight excluding hydrogens is 802 g/mol. The number of carbonyl (C=O) groups excluding carboxylic acids is 2. The Kier molecular flexibility index (Phi) is 20.3. The zero-order valence-electron chi connectivity index (χ0n) is 36.6. The first-order valence-corrected chi connectivity index (χ1v) is 23.0. The predicted molar refractivity (Wildman–Crippen MR) is 219 cm³/mol. The summed E-state index contributed by atoms with van der Waals surface area (Å²) in [4.78, 5) is 41.6. The van der Waals surface area contributed by atoms with Gasteiger partial charge in [0.25, 0.3) is 0 Å². The second-order valence-corrected chi connectivity index (χ2v) is 22.9. The normalized spacial score (nSPS) is 21.0. The second-order valence-electron chi connectivity index (χ2n) is 18.6. The molecule has 4 atom stereocenters. The topological polar surface area (TPSA) is 195 Å². The quantitative estimate of drug-likeness (QED) is 0.160. The summed E-state index contributed by atoms with van der Waals surface area (Å²) in [5, 5.41) is 40.5. The molecule has 0 radical (unpaired) electrons. The Labute approximate surface area is 377 Å². The summed E-state index contributed by atoms with van der Waals surface area (Å²) in [6, 6.07) is 12.4. The molecule has 0 saturated carbocycles. The van der Waals surface area contributed by atoms with Gasteiger partial charge in [0.1, 0.15) is 11.6 Å². The minimum atomic E-state index is -3.90. The minimum Gasteiger partial charge on any atom is -0.550 e. The van der Waals surface area contributed by atoms with Crippen molar-refractivity contribution in [2.45, 2.75) is 106 Å². The fraction of sp³-hybridized carbons (Fsp3) is 0.500. The summed E-state index contributed by atoms with van der Waals surface area (Å²) in [7, 11) is -7.80. The molecule has 0 bridgehead atoms. The van der Waals surface area contributed by atoms with Gasteiger partial charge in [0.05, 0.1) is 24.5 Å². The van der Waals surface area contributed by atoms with E-state index in [0.29, 0.717) is 0 Å². The number of carboxylic acid groups (broad SMARTS) is 2. The van der Waals surface area contributed by atoms with Crippen molar-refractivity contribution in [2.24, 2.45) is 21.7 Å². The van der Waals surface area contributed by atoms with Crippen LogP contribution >= 0.6 is 14.7 Å². The molecular formula is C44H58F2Li2O10P2. The van der Waals surface area contributed by atoms with Crippen molar-refractivity contribution < 1.29 is 95.4 Å². The van der Waals surface area contributed by atoms with Gasteiger partial charge in [-0.1, -0.05) is 91.8 Å². The molecule has 0 fully saturated rings. The minimum absolute atomic E-state index is 0. The summed E-state index contributed by atoms with van der Waals surface area (Å²) in [5.41, 5.74) is 4.84. The molecule has 2 aromatic carbocycles. The van der Waals surface area contributed by atoms with E-state index in [1.54, 1.807) is 36.4 Å². The third-order valence-electron chi connectivity index (χ3n) is 10.3. The van der Waals surface area contributed by atoms with Gasteiger partial charge in [-0.2, -0.15) is 0 Å². The van der Waals surface area contributed by atoms with Crippen LogP contribution in [0.4, 0.5) is 8.78 Å². The van der Waals surface area contributed by atoms with Crippen LogP contribution in [-0.4, -0.2) is 56.5 Å². The van der Waals surface area contributed by atoms with Gasteiger partial charge in [-0.15, -0.1) is 0 Å². The summed E-state index contributed by atoms with van der Waals surface area (Å²) in [5.74, 6) is -1.27. The molecule has 10 nitrogen and oxygen atoms in total. The number of rotatable bonds is 14. The van der Waals surface area contributed by atoms with Crippen LogP contribution in [0.5, 0.6) is 0 Å². The maximum Gasteiger partial charge on any atom is 1.00 e. The van der Waals surface area contributed by atoms with Crippen LogP contribution < -0.4 is 47.9 Å². The number of aliphatic hydroxyl groups is 2. The SMILES string of the molecule is CC1(C)CC(c2ccc(F)cc2)=C(/C=C/P(=O)(O)C[C@@H](O)CC(=O)[O-])C(C)(C)C1.CC1(C)CC(c2ccc(F)cc2)=C(/C=C/P(=O)(O)C[C@@H](O)CC(=O)[O-])C(C)(C)C1.[Li+].[Li+]. The first kappa shape index (κ1) is 55.7. The Balaban J connectivity index is 0.000000581. The molecule has 2 aliphatic rings. The largest absolute Gasteiger partial charge is 1.00 e. The molecule has 2 aromatic rings. The molecule has 0 aliphatic heterocycles. The number of allylic oxidation sites excluding steroid dienone is 6.